The van der Waals surface area contributed by atoms with E-state index in [0.717, 1.165) is 17.8 Å². The maximum Gasteiger partial charge on any atom is 0.350 e. The van der Waals surface area contributed by atoms with Crippen LogP contribution in [0.1, 0.15) is 79.3 Å². The minimum atomic E-state index is -0.346. The first-order chi connectivity index (χ1) is 13.9. The lowest BCUT2D eigenvalue weighted by Gasteiger charge is -2.22. The molecule has 0 aromatic carbocycles. The van der Waals surface area contributed by atoms with Gasteiger partial charge < -0.3 is 20.7 Å². The standard InChI is InChI=1S/C20H33N5O3S/c1-5-21-20(22-12-16(26)25-15-10-8-7-9-11-15)24-14(4)18-23-13(3)17(29-18)19(27)28-6-2/h14-15H,5-12H2,1-4H3,(H,25,26)(H2,21,22,24). The Bertz CT molecular complexity index is 713. The Morgan fingerprint density at radius 1 is 1.28 bits per heavy atom. The van der Waals surface area contributed by atoms with Gasteiger partial charge in [0.1, 0.15) is 16.4 Å². The Kier molecular flexibility index (Phi) is 9.37. The number of aromatic nitrogens is 1. The second kappa shape index (κ2) is 11.7. The highest BCUT2D eigenvalue weighted by atomic mass is 32.1. The van der Waals surface area contributed by atoms with E-state index in [1.54, 1.807) is 13.8 Å². The molecule has 3 N–H and O–H groups in total. The van der Waals surface area contributed by atoms with Crippen molar-refractivity contribution in [3.8, 4) is 0 Å². The summed E-state index contributed by atoms with van der Waals surface area (Å²) < 4.78 is 5.08. The second-order valence-electron chi connectivity index (χ2n) is 7.15. The van der Waals surface area contributed by atoms with Crippen LogP contribution >= 0.6 is 11.3 Å². The Labute approximate surface area is 176 Å². The van der Waals surface area contributed by atoms with E-state index >= 15 is 0 Å². The Morgan fingerprint density at radius 2 is 2.00 bits per heavy atom. The van der Waals surface area contributed by atoms with E-state index in [-0.39, 0.29) is 30.5 Å². The van der Waals surface area contributed by atoms with Crippen LogP contribution in [0.3, 0.4) is 0 Å². The normalized spacial score (nSPS) is 16.2. The summed E-state index contributed by atoms with van der Waals surface area (Å²) in [6, 6.07) is 0.113. The average Bonchev–Trinajstić information content (AvgIpc) is 3.09. The molecule has 8 nitrogen and oxygen atoms in total. The van der Waals surface area contributed by atoms with Crippen molar-refractivity contribution in [3.63, 3.8) is 0 Å². The third-order valence-electron chi connectivity index (χ3n) is 4.69. The lowest BCUT2D eigenvalue weighted by atomic mass is 9.95. The third kappa shape index (κ3) is 7.30. The number of nitrogens with zero attached hydrogens (tertiary/aromatic N) is 2. The van der Waals surface area contributed by atoms with Crippen molar-refractivity contribution < 1.29 is 14.3 Å². The summed E-state index contributed by atoms with van der Waals surface area (Å²) >= 11 is 1.31. The molecule has 1 aromatic heterocycles. The number of carbonyl (C=O) groups excluding carboxylic acids is 2. The molecule has 0 saturated heterocycles. The predicted molar refractivity (Wildman–Crippen MR) is 115 cm³/mol. The predicted octanol–water partition coefficient (Wildman–Crippen LogP) is 2.69. The van der Waals surface area contributed by atoms with Crippen LogP contribution in [0.2, 0.25) is 0 Å². The molecule has 1 aliphatic rings. The number of amides is 1. The second-order valence-corrected chi connectivity index (χ2v) is 8.18. The lowest BCUT2D eigenvalue weighted by Crippen LogP contribution is -2.41. The van der Waals surface area contributed by atoms with Gasteiger partial charge in [0.25, 0.3) is 0 Å². The van der Waals surface area contributed by atoms with E-state index in [1.807, 2.05) is 13.8 Å². The van der Waals surface area contributed by atoms with E-state index in [0.29, 0.717) is 29.7 Å². The molecular weight excluding hydrogens is 390 g/mol. The van der Waals surface area contributed by atoms with Crippen LogP contribution in [0.25, 0.3) is 0 Å². The number of esters is 1. The van der Waals surface area contributed by atoms with Gasteiger partial charge in [-0.3, -0.25) is 4.79 Å². The number of carbonyl (C=O) groups is 2. The van der Waals surface area contributed by atoms with E-state index in [4.69, 9.17) is 4.74 Å². The molecule has 1 atom stereocenters. The fourth-order valence-corrected chi connectivity index (χ4v) is 4.21. The number of hydrogen-bond donors (Lipinski definition) is 3. The number of thiazole rings is 1. The van der Waals surface area contributed by atoms with Gasteiger partial charge in [-0.1, -0.05) is 19.3 Å². The van der Waals surface area contributed by atoms with Crippen LogP contribution in [-0.2, 0) is 9.53 Å². The smallest absolute Gasteiger partial charge is 0.350 e. The molecule has 1 heterocycles. The zero-order valence-corrected chi connectivity index (χ0v) is 18.7. The quantitative estimate of drug-likeness (QED) is 0.337. The molecule has 1 amide bonds. The summed E-state index contributed by atoms with van der Waals surface area (Å²) in [7, 11) is 0. The maximum absolute atomic E-state index is 12.2. The largest absolute Gasteiger partial charge is 0.462 e. The molecule has 0 radical (unpaired) electrons. The number of guanidine groups is 1. The van der Waals surface area contributed by atoms with E-state index in [1.165, 1.54) is 30.6 Å². The van der Waals surface area contributed by atoms with Crippen LogP contribution in [0.5, 0.6) is 0 Å². The van der Waals surface area contributed by atoms with Crippen LogP contribution in [-0.4, -0.2) is 48.6 Å². The summed E-state index contributed by atoms with van der Waals surface area (Å²) in [6.07, 6.45) is 5.72. The van der Waals surface area contributed by atoms with Crippen molar-refractivity contribution in [2.24, 2.45) is 4.99 Å². The van der Waals surface area contributed by atoms with Crippen molar-refractivity contribution in [2.75, 3.05) is 19.7 Å². The van der Waals surface area contributed by atoms with Crippen molar-refractivity contribution in [1.82, 2.24) is 20.9 Å². The van der Waals surface area contributed by atoms with Crippen molar-refractivity contribution in [2.45, 2.75) is 71.9 Å². The van der Waals surface area contributed by atoms with Gasteiger partial charge in [-0.15, -0.1) is 11.3 Å². The molecule has 0 aliphatic heterocycles. The maximum atomic E-state index is 12.2. The molecule has 1 fully saturated rings. The fraction of sp³-hybridized carbons (Fsp3) is 0.700. The van der Waals surface area contributed by atoms with Crippen molar-refractivity contribution in [1.29, 1.82) is 0 Å². The van der Waals surface area contributed by atoms with Gasteiger partial charge in [0.2, 0.25) is 5.91 Å². The summed E-state index contributed by atoms with van der Waals surface area (Å²) in [5.41, 5.74) is 0.658. The Balaban J connectivity index is 1.96. The highest BCUT2D eigenvalue weighted by Gasteiger charge is 2.20. The zero-order valence-electron chi connectivity index (χ0n) is 17.8. The molecule has 0 spiro atoms. The van der Waals surface area contributed by atoms with Crippen LogP contribution in [0.15, 0.2) is 4.99 Å². The zero-order chi connectivity index (χ0) is 21.2. The first kappa shape index (κ1) is 23.1. The molecule has 0 bridgehead atoms. The number of nitrogens with one attached hydrogen (secondary N) is 3. The van der Waals surface area contributed by atoms with Crippen molar-refractivity contribution >= 4 is 29.2 Å². The number of aryl methyl sites for hydroxylation is 1. The van der Waals surface area contributed by atoms with Gasteiger partial charge in [0, 0.05) is 12.6 Å². The summed E-state index contributed by atoms with van der Waals surface area (Å²) in [6.45, 7) is 8.58. The van der Waals surface area contributed by atoms with E-state index in [9.17, 15) is 9.59 Å². The molecule has 29 heavy (non-hydrogen) atoms. The number of rotatable bonds is 8. The molecule has 1 aliphatic carbocycles. The van der Waals surface area contributed by atoms with Crippen molar-refractivity contribution in [3.05, 3.63) is 15.6 Å². The number of ether oxygens (including phenoxy) is 1. The molecule has 162 valence electrons. The van der Waals surface area contributed by atoms with Gasteiger partial charge in [-0.2, -0.15) is 0 Å². The molecular formula is C20H33N5O3S. The first-order valence-corrected chi connectivity index (χ1v) is 11.2. The summed E-state index contributed by atoms with van der Waals surface area (Å²) in [4.78, 5) is 33.7. The van der Waals surface area contributed by atoms with Gasteiger partial charge in [0.15, 0.2) is 5.96 Å². The lowest BCUT2D eigenvalue weighted by molar-refractivity contribution is -0.120. The van der Waals surface area contributed by atoms with Gasteiger partial charge in [-0.05, 0) is 40.5 Å². The summed E-state index contributed by atoms with van der Waals surface area (Å²) in [5, 5.41) is 10.3. The molecule has 1 saturated carbocycles. The fourth-order valence-electron chi connectivity index (χ4n) is 3.25. The van der Waals surface area contributed by atoms with Gasteiger partial charge >= 0.3 is 5.97 Å². The minimum Gasteiger partial charge on any atom is -0.462 e. The van der Waals surface area contributed by atoms with Crippen LogP contribution in [0.4, 0.5) is 0 Å². The first-order valence-electron chi connectivity index (χ1n) is 10.4. The molecule has 1 aromatic rings. The summed E-state index contributed by atoms with van der Waals surface area (Å²) in [5.74, 6) is 0.140. The molecule has 2 rings (SSSR count). The Morgan fingerprint density at radius 3 is 2.66 bits per heavy atom. The van der Waals surface area contributed by atoms with E-state index in [2.05, 4.69) is 25.9 Å². The highest BCUT2D eigenvalue weighted by Crippen LogP contribution is 2.24. The highest BCUT2D eigenvalue weighted by molar-refractivity contribution is 7.13. The Hall–Kier alpha value is -2.16. The molecule has 1 unspecified atom stereocenters. The number of aliphatic imine (C=N–C) groups is 1. The third-order valence-corrected chi connectivity index (χ3v) is 6.01. The van der Waals surface area contributed by atoms with Crippen LogP contribution in [0, 0.1) is 6.92 Å². The SMILES string of the molecule is CCNC(=NCC(=O)NC1CCCCC1)NC(C)c1nc(C)c(C(=O)OCC)s1. The van der Waals surface area contributed by atoms with Crippen LogP contribution < -0.4 is 16.0 Å². The number of hydrogen-bond acceptors (Lipinski definition) is 6. The van der Waals surface area contributed by atoms with Gasteiger partial charge in [-0.25, -0.2) is 14.8 Å². The van der Waals surface area contributed by atoms with Gasteiger partial charge in [0.05, 0.1) is 18.3 Å². The topological polar surface area (TPSA) is 105 Å². The monoisotopic (exact) mass is 423 g/mol. The minimum absolute atomic E-state index is 0.0588. The van der Waals surface area contributed by atoms with E-state index < -0.39 is 0 Å². The average molecular weight is 424 g/mol. The molecule has 9 heteroatoms.